The Labute approximate surface area is 112 Å². The fourth-order valence-electron chi connectivity index (χ4n) is 0.888. The first-order valence-electron chi connectivity index (χ1n) is 3.87. The second-order valence-corrected chi connectivity index (χ2v) is 6.10. The number of benzene rings is 1. The molecule has 0 aromatic heterocycles. The lowest BCUT2D eigenvalue weighted by Crippen LogP contribution is -1.98. The van der Waals surface area contributed by atoms with Crippen molar-refractivity contribution in [2.24, 2.45) is 9.63 Å². The van der Waals surface area contributed by atoms with Gasteiger partial charge in [0.2, 0.25) is 0 Å². The monoisotopic (exact) mass is 334 g/mol. The molecule has 12 heteroatoms. The summed E-state index contributed by atoms with van der Waals surface area (Å²) in [4.78, 5) is -0.667. The molecule has 1 rings (SSSR count). The van der Waals surface area contributed by atoms with E-state index < -0.39 is 30.3 Å². The van der Waals surface area contributed by atoms with Gasteiger partial charge in [0.1, 0.15) is 10.6 Å². The molecule has 0 unspecified atom stereocenters. The number of hydrogen-bond donors (Lipinski definition) is 2. The Balaban J connectivity index is 3.38. The summed E-state index contributed by atoms with van der Waals surface area (Å²) in [5, 5.41) is 2.28. The smallest absolute Gasteiger partial charge is 0.282 e. The van der Waals surface area contributed by atoms with Crippen LogP contribution in [0.1, 0.15) is 0 Å². The van der Waals surface area contributed by atoms with Crippen molar-refractivity contribution in [2.45, 2.75) is 4.90 Å². The molecule has 0 aliphatic carbocycles. The Morgan fingerprint density at radius 3 is 2.00 bits per heavy atom. The molecule has 0 spiro atoms. The van der Waals surface area contributed by atoms with Crippen molar-refractivity contribution in [3.05, 3.63) is 22.2 Å². The van der Waals surface area contributed by atoms with Crippen molar-refractivity contribution in [3.63, 3.8) is 0 Å². The van der Waals surface area contributed by atoms with Crippen LogP contribution in [-0.4, -0.2) is 25.9 Å². The number of nitrogens with zero attached hydrogens (tertiary/aromatic N) is 2. The molecule has 0 radical (unpaired) electrons. The summed E-state index contributed by atoms with van der Waals surface area (Å²) in [7, 11) is -9.27. The van der Waals surface area contributed by atoms with E-state index in [1.54, 1.807) is 0 Å². The molecule has 0 saturated heterocycles. The highest BCUT2D eigenvalue weighted by Gasteiger charge is 2.17. The van der Waals surface area contributed by atoms with Gasteiger partial charge in [-0.1, -0.05) is 23.2 Å². The van der Waals surface area contributed by atoms with Crippen molar-refractivity contribution < 1.29 is 25.9 Å². The zero-order valence-corrected chi connectivity index (χ0v) is 11.3. The first-order valence-corrected chi connectivity index (χ1v) is 7.47. The van der Waals surface area contributed by atoms with Crippen molar-refractivity contribution in [1.29, 1.82) is 0 Å². The molecule has 0 aliphatic rings. The maximum absolute atomic E-state index is 10.9. The predicted molar refractivity (Wildman–Crippen MR) is 62.3 cm³/mol. The minimum Gasteiger partial charge on any atom is -0.282 e. The van der Waals surface area contributed by atoms with E-state index >= 15 is 0 Å². The van der Waals surface area contributed by atoms with Gasteiger partial charge < -0.3 is 0 Å². The summed E-state index contributed by atoms with van der Waals surface area (Å²) in [5.74, 6) is 0. The van der Waals surface area contributed by atoms with Gasteiger partial charge in [0.15, 0.2) is 0 Å². The molecule has 0 fully saturated rings. The number of halogens is 2. The number of hydrogen-bond acceptors (Lipinski definition) is 5. The third-order valence-electron chi connectivity index (χ3n) is 1.53. The second-order valence-electron chi connectivity index (χ2n) is 2.84. The molecule has 2 N–H and O–H groups in total. The standard InChI is InChI=1S/C6H4Cl2N2O6S2/c7-3-2-6(17(11,12)13)4(8)1-5(3)9-10-18(14,15)16/h1-2H,(H,11,12,13)(H,14,15,16). The molecular formula is C6H4Cl2N2O6S2. The summed E-state index contributed by atoms with van der Waals surface area (Å²) in [5.41, 5.74) is -0.299. The van der Waals surface area contributed by atoms with Crippen molar-refractivity contribution in [1.82, 2.24) is 0 Å². The molecule has 0 saturated carbocycles. The van der Waals surface area contributed by atoms with Gasteiger partial charge in [-0.3, -0.25) is 9.11 Å². The molecule has 18 heavy (non-hydrogen) atoms. The van der Waals surface area contributed by atoms with E-state index in [1.807, 2.05) is 0 Å². The van der Waals surface area contributed by atoms with Gasteiger partial charge in [0.05, 0.1) is 10.0 Å². The third-order valence-corrected chi connectivity index (χ3v) is 3.44. The SMILES string of the molecule is O=S(=O)(O)N=Nc1cc(Cl)c(S(=O)(=O)O)cc1Cl. The minimum atomic E-state index is -4.70. The van der Waals surface area contributed by atoms with E-state index in [1.165, 1.54) is 0 Å². The Kier molecular flexibility index (Phi) is 4.30. The molecular weight excluding hydrogens is 331 g/mol. The maximum Gasteiger partial charge on any atom is 0.396 e. The Bertz CT molecular complexity index is 712. The molecule has 8 nitrogen and oxygen atoms in total. The van der Waals surface area contributed by atoms with E-state index in [0.29, 0.717) is 0 Å². The van der Waals surface area contributed by atoms with Gasteiger partial charge in [-0.2, -0.15) is 16.8 Å². The zero-order valence-electron chi connectivity index (χ0n) is 8.15. The summed E-state index contributed by atoms with van der Waals surface area (Å²) in [6, 6.07) is 1.62. The lowest BCUT2D eigenvalue weighted by atomic mass is 10.3. The van der Waals surface area contributed by atoms with Crippen molar-refractivity contribution >= 4 is 49.3 Å². The lowest BCUT2D eigenvalue weighted by Gasteiger charge is -2.03. The molecule has 1 aromatic carbocycles. The van der Waals surface area contributed by atoms with Crippen LogP contribution in [0.15, 0.2) is 26.7 Å². The van der Waals surface area contributed by atoms with E-state index in [2.05, 4.69) is 9.63 Å². The van der Waals surface area contributed by atoms with Crippen LogP contribution in [0.4, 0.5) is 5.69 Å². The third kappa shape index (κ3) is 4.15. The largest absolute Gasteiger partial charge is 0.396 e. The molecule has 0 atom stereocenters. The summed E-state index contributed by atoms with van der Waals surface area (Å²) >= 11 is 11.1. The summed E-state index contributed by atoms with van der Waals surface area (Å²) < 4.78 is 62.0. The van der Waals surface area contributed by atoms with Crippen molar-refractivity contribution in [2.75, 3.05) is 0 Å². The van der Waals surface area contributed by atoms with E-state index in [9.17, 15) is 16.8 Å². The van der Waals surface area contributed by atoms with Gasteiger partial charge in [-0.15, -0.1) is 5.11 Å². The van der Waals surface area contributed by atoms with Gasteiger partial charge in [0, 0.05) is 0 Å². The molecule has 1 aromatic rings. The molecule has 0 aliphatic heterocycles. The molecule has 0 bridgehead atoms. The van der Waals surface area contributed by atoms with E-state index in [0.717, 1.165) is 12.1 Å². The Hall–Kier alpha value is -0.780. The average Bonchev–Trinajstić information content (AvgIpc) is 2.15. The molecule has 0 amide bonds. The van der Waals surface area contributed by atoms with E-state index in [4.69, 9.17) is 32.3 Å². The summed E-state index contributed by atoms with van der Waals surface area (Å²) in [6.07, 6.45) is 0. The highest BCUT2D eigenvalue weighted by Crippen LogP contribution is 2.33. The lowest BCUT2D eigenvalue weighted by molar-refractivity contribution is 0.480. The Morgan fingerprint density at radius 1 is 1.00 bits per heavy atom. The number of rotatable bonds is 3. The first-order chi connectivity index (χ1) is 8.00. The van der Waals surface area contributed by atoms with Gasteiger partial charge in [-0.25, -0.2) is 0 Å². The average molecular weight is 335 g/mol. The van der Waals surface area contributed by atoms with Gasteiger partial charge in [-0.05, 0) is 16.7 Å². The van der Waals surface area contributed by atoms with Crippen LogP contribution < -0.4 is 0 Å². The minimum absolute atomic E-state index is 0.299. The maximum atomic E-state index is 10.9. The fraction of sp³-hybridized carbons (Fsp3) is 0. The topological polar surface area (TPSA) is 133 Å². The van der Waals surface area contributed by atoms with Gasteiger partial charge in [0.25, 0.3) is 10.1 Å². The van der Waals surface area contributed by atoms with Crippen LogP contribution in [-0.2, 0) is 20.4 Å². The molecule has 100 valence electrons. The van der Waals surface area contributed by atoms with E-state index in [-0.39, 0.29) is 10.7 Å². The van der Waals surface area contributed by atoms with Crippen LogP contribution in [0, 0.1) is 0 Å². The van der Waals surface area contributed by atoms with Crippen LogP contribution in [0.5, 0.6) is 0 Å². The van der Waals surface area contributed by atoms with Gasteiger partial charge >= 0.3 is 10.3 Å². The highest BCUT2D eigenvalue weighted by molar-refractivity contribution is 7.86. The summed E-state index contributed by atoms with van der Waals surface area (Å²) in [6.45, 7) is 0. The van der Waals surface area contributed by atoms with Crippen LogP contribution in [0.3, 0.4) is 0 Å². The van der Waals surface area contributed by atoms with Crippen LogP contribution >= 0.6 is 23.2 Å². The predicted octanol–water partition coefficient (Wildman–Crippen LogP) is 2.13. The Morgan fingerprint density at radius 2 is 1.56 bits per heavy atom. The first kappa shape index (κ1) is 15.3. The zero-order chi connectivity index (χ0) is 14.1. The molecule has 0 heterocycles. The fourth-order valence-corrected chi connectivity index (χ4v) is 2.37. The van der Waals surface area contributed by atoms with Crippen LogP contribution in [0.2, 0.25) is 10.0 Å². The normalized spacial score (nSPS) is 13.1. The quantitative estimate of drug-likeness (QED) is 0.642. The van der Waals surface area contributed by atoms with Crippen molar-refractivity contribution in [3.8, 4) is 0 Å². The highest BCUT2D eigenvalue weighted by atomic mass is 35.5. The second kappa shape index (κ2) is 5.07. The van der Waals surface area contributed by atoms with Crippen LogP contribution in [0.25, 0.3) is 0 Å².